The molecule has 31 heavy (non-hydrogen) atoms. The van der Waals surface area contributed by atoms with Gasteiger partial charge in [0.05, 0.1) is 5.69 Å². The highest BCUT2D eigenvalue weighted by atomic mass is 32.1. The van der Waals surface area contributed by atoms with Crippen molar-refractivity contribution in [1.82, 2.24) is 4.37 Å². The number of halogens is 3. The van der Waals surface area contributed by atoms with Crippen LogP contribution < -0.4 is 4.74 Å². The number of aliphatic hydroxyl groups is 1. The van der Waals surface area contributed by atoms with Crippen molar-refractivity contribution in [2.24, 2.45) is 0 Å². The summed E-state index contributed by atoms with van der Waals surface area (Å²) in [5.74, 6) is 0.889. The van der Waals surface area contributed by atoms with Crippen LogP contribution >= 0.6 is 11.5 Å². The predicted octanol–water partition coefficient (Wildman–Crippen LogP) is 6.38. The topological polar surface area (TPSA) is 42.4 Å². The molecule has 0 saturated carbocycles. The smallest absolute Gasteiger partial charge is 0.427 e. The molecule has 0 aliphatic heterocycles. The van der Waals surface area contributed by atoms with Crippen molar-refractivity contribution in [3.63, 3.8) is 0 Å². The van der Waals surface area contributed by atoms with Gasteiger partial charge in [-0.1, -0.05) is 37.3 Å². The van der Waals surface area contributed by atoms with Crippen molar-refractivity contribution < 1.29 is 23.0 Å². The number of aliphatic hydroxyl groups excluding tert-OH is 1. The van der Waals surface area contributed by atoms with E-state index in [1.807, 2.05) is 43.3 Å². The molecule has 0 bridgehead atoms. The number of hydrogen-bond acceptors (Lipinski definition) is 4. The lowest BCUT2D eigenvalue weighted by molar-refractivity contribution is -0.135. The molecule has 0 saturated heterocycles. The lowest BCUT2D eigenvalue weighted by Gasteiger charge is -2.13. The Morgan fingerprint density at radius 2 is 1.94 bits per heavy atom. The Hall–Kier alpha value is -2.38. The third kappa shape index (κ3) is 4.62. The molecule has 1 N–H and O–H groups in total. The van der Waals surface area contributed by atoms with E-state index in [4.69, 9.17) is 4.74 Å². The highest BCUT2D eigenvalue weighted by molar-refractivity contribution is 7.06. The van der Waals surface area contributed by atoms with Crippen LogP contribution in [0.5, 0.6) is 5.75 Å². The van der Waals surface area contributed by atoms with Crippen LogP contribution in [0.25, 0.3) is 11.3 Å². The largest absolute Gasteiger partial charge is 0.489 e. The molecule has 2 aromatic carbocycles. The van der Waals surface area contributed by atoms with Gasteiger partial charge in [0.15, 0.2) is 0 Å². The summed E-state index contributed by atoms with van der Waals surface area (Å²) >= 11 is 0.470. The highest BCUT2D eigenvalue weighted by Gasteiger charge is 2.38. The fourth-order valence-corrected chi connectivity index (χ4v) is 4.94. The molecule has 7 heteroatoms. The first-order valence-electron chi connectivity index (χ1n) is 10.4. The number of alkyl halides is 3. The maximum Gasteiger partial charge on any atom is 0.427 e. The molecule has 1 aliphatic carbocycles. The number of rotatable bonds is 7. The van der Waals surface area contributed by atoms with E-state index in [2.05, 4.69) is 4.37 Å². The van der Waals surface area contributed by atoms with Gasteiger partial charge in [-0.2, -0.15) is 17.5 Å². The van der Waals surface area contributed by atoms with Crippen molar-refractivity contribution in [2.75, 3.05) is 6.61 Å². The quantitative estimate of drug-likeness (QED) is 0.457. The average Bonchev–Trinajstić information content (AvgIpc) is 3.36. The Morgan fingerprint density at radius 3 is 2.61 bits per heavy atom. The SMILES string of the molecule is CCc1ccc(-c2nsc(C(F)(F)F)c2COc2ccc3c(c2)CCC3CCO)cc1. The maximum atomic E-state index is 13.6. The van der Waals surface area contributed by atoms with E-state index in [9.17, 15) is 18.3 Å². The minimum atomic E-state index is -4.48. The van der Waals surface area contributed by atoms with E-state index < -0.39 is 11.1 Å². The minimum absolute atomic E-state index is 0.0698. The highest BCUT2D eigenvalue weighted by Crippen LogP contribution is 2.41. The molecule has 0 amide bonds. The minimum Gasteiger partial charge on any atom is -0.489 e. The van der Waals surface area contributed by atoms with E-state index in [1.54, 1.807) is 6.07 Å². The molecule has 0 spiro atoms. The number of ether oxygens (including phenoxy) is 1. The molecule has 0 radical (unpaired) electrons. The van der Waals surface area contributed by atoms with Gasteiger partial charge in [-0.3, -0.25) is 0 Å². The van der Waals surface area contributed by atoms with Gasteiger partial charge in [-0.05, 0) is 72.0 Å². The lowest BCUT2D eigenvalue weighted by Crippen LogP contribution is -2.08. The fraction of sp³-hybridized carbons (Fsp3) is 0.375. The first-order valence-corrected chi connectivity index (χ1v) is 11.2. The number of nitrogens with zero attached hydrogens (tertiary/aromatic N) is 1. The summed E-state index contributed by atoms with van der Waals surface area (Å²) in [6.45, 7) is 1.98. The van der Waals surface area contributed by atoms with Crippen LogP contribution in [0.3, 0.4) is 0 Å². The molecule has 164 valence electrons. The van der Waals surface area contributed by atoms with Crippen molar-refractivity contribution in [1.29, 1.82) is 0 Å². The second-order valence-electron chi connectivity index (χ2n) is 7.78. The third-order valence-electron chi connectivity index (χ3n) is 5.86. The van der Waals surface area contributed by atoms with Gasteiger partial charge in [0.25, 0.3) is 0 Å². The Morgan fingerprint density at radius 1 is 1.16 bits per heavy atom. The molecule has 3 aromatic rings. The molecule has 1 aliphatic rings. The second-order valence-corrected chi connectivity index (χ2v) is 8.56. The van der Waals surface area contributed by atoms with Crippen molar-refractivity contribution in [3.05, 3.63) is 69.6 Å². The zero-order valence-electron chi connectivity index (χ0n) is 17.2. The maximum absolute atomic E-state index is 13.6. The average molecular weight is 448 g/mol. The fourth-order valence-electron chi connectivity index (χ4n) is 4.17. The second kappa shape index (κ2) is 9.01. The zero-order valence-corrected chi connectivity index (χ0v) is 18.0. The number of aryl methyl sites for hydroxylation is 2. The monoisotopic (exact) mass is 447 g/mol. The van der Waals surface area contributed by atoms with Crippen LogP contribution in [0.4, 0.5) is 13.2 Å². The summed E-state index contributed by atoms with van der Waals surface area (Å²) in [6.07, 6.45) is -1.03. The zero-order chi connectivity index (χ0) is 22.0. The molecule has 0 fully saturated rings. The van der Waals surface area contributed by atoms with Crippen LogP contribution in [0.15, 0.2) is 42.5 Å². The Balaban J connectivity index is 1.59. The Bertz CT molecular complexity index is 1040. The molecule has 1 atom stereocenters. The van der Waals surface area contributed by atoms with Gasteiger partial charge in [0.2, 0.25) is 0 Å². The van der Waals surface area contributed by atoms with Gasteiger partial charge in [-0.15, -0.1) is 0 Å². The van der Waals surface area contributed by atoms with Crippen molar-refractivity contribution >= 4 is 11.5 Å². The molecule has 1 aromatic heterocycles. The standard InChI is InChI=1S/C24H24F3NO2S/c1-2-15-3-5-17(6-4-15)22-21(23(31-28-22)24(25,26)27)14-30-19-9-10-20-16(11-12-29)7-8-18(20)13-19/h3-6,9-10,13,16,29H,2,7-8,11-12,14H2,1H3. The van der Waals surface area contributed by atoms with Gasteiger partial charge >= 0.3 is 6.18 Å². The van der Waals surface area contributed by atoms with Crippen LogP contribution in [0.2, 0.25) is 0 Å². The number of fused-ring (bicyclic) bond motifs is 1. The van der Waals surface area contributed by atoms with Crippen LogP contribution in [0.1, 0.15) is 52.8 Å². The van der Waals surface area contributed by atoms with E-state index in [0.717, 1.165) is 36.8 Å². The molecular formula is C24H24F3NO2S. The van der Waals surface area contributed by atoms with E-state index >= 15 is 0 Å². The van der Waals surface area contributed by atoms with Crippen molar-refractivity contribution in [3.8, 4) is 17.0 Å². The Kier molecular flexibility index (Phi) is 6.34. The van der Waals surface area contributed by atoms with E-state index in [0.29, 0.717) is 34.5 Å². The van der Waals surface area contributed by atoms with Crippen LogP contribution in [-0.4, -0.2) is 16.1 Å². The van der Waals surface area contributed by atoms with Gasteiger partial charge in [-0.25, -0.2) is 0 Å². The number of hydrogen-bond donors (Lipinski definition) is 1. The van der Waals surface area contributed by atoms with Gasteiger partial charge < -0.3 is 9.84 Å². The molecule has 3 nitrogen and oxygen atoms in total. The number of aromatic nitrogens is 1. The summed E-state index contributed by atoms with van der Waals surface area (Å²) in [6, 6.07) is 13.1. The third-order valence-corrected chi connectivity index (χ3v) is 6.79. The van der Waals surface area contributed by atoms with E-state index in [1.165, 1.54) is 5.56 Å². The van der Waals surface area contributed by atoms with Crippen LogP contribution in [-0.2, 0) is 25.6 Å². The summed E-state index contributed by atoms with van der Waals surface area (Å²) in [4.78, 5) is -0.716. The first-order chi connectivity index (χ1) is 14.9. The molecular weight excluding hydrogens is 423 g/mol. The summed E-state index contributed by atoms with van der Waals surface area (Å²) in [7, 11) is 0. The summed E-state index contributed by atoms with van der Waals surface area (Å²) < 4.78 is 50.8. The normalized spacial score (nSPS) is 15.8. The molecule has 1 heterocycles. The summed E-state index contributed by atoms with van der Waals surface area (Å²) in [5.41, 5.74) is 4.51. The first kappa shape index (κ1) is 21.8. The van der Waals surface area contributed by atoms with Gasteiger partial charge in [0.1, 0.15) is 17.2 Å². The van der Waals surface area contributed by atoms with E-state index in [-0.39, 0.29) is 18.8 Å². The Labute approximate surface area is 183 Å². The molecule has 1 unspecified atom stereocenters. The van der Waals surface area contributed by atoms with Crippen molar-refractivity contribution in [2.45, 2.75) is 51.3 Å². The summed E-state index contributed by atoms with van der Waals surface area (Å²) in [5, 5.41) is 9.22. The molecule has 4 rings (SSSR count). The van der Waals surface area contributed by atoms with Gasteiger partial charge in [0, 0.05) is 17.7 Å². The number of benzene rings is 2. The van der Waals surface area contributed by atoms with Crippen LogP contribution in [0, 0.1) is 0 Å². The predicted molar refractivity (Wildman–Crippen MR) is 115 cm³/mol. The lowest BCUT2D eigenvalue weighted by atomic mass is 9.98.